The van der Waals surface area contributed by atoms with E-state index in [1.807, 2.05) is 61.5 Å². The fraction of sp³-hybridized carbons (Fsp3) is 0.125. The first-order chi connectivity index (χ1) is 20.2. The topological polar surface area (TPSA) is 155 Å². The van der Waals surface area contributed by atoms with Crippen molar-refractivity contribution in [1.82, 2.24) is 5.32 Å². The van der Waals surface area contributed by atoms with Crippen LogP contribution in [-0.2, 0) is 21.0 Å². The van der Waals surface area contributed by atoms with Gasteiger partial charge in [0.25, 0.3) is 6.47 Å². The summed E-state index contributed by atoms with van der Waals surface area (Å²) >= 11 is 3.46. The Morgan fingerprint density at radius 1 is 0.929 bits per heavy atom. The van der Waals surface area contributed by atoms with Crippen LogP contribution in [0.25, 0.3) is 0 Å². The van der Waals surface area contributed by atoms with Gasteiger partial charge in [0.1, 0.15) is 24.1 Å². The number of nitrogen functional groups attached to an aromatic ring is 1. The summed E-state index contributed by atoms with van der Waals surface area (Å²) in [6.07, 6.45) is 0. The first-order valence-corrected chi connectivity index (χ1v) is 13.7. The molecule has 0 heterocycles. The lowest BCUT2D eigenvalue weighted by Gasteiger charge is -2.21. The number of ether oxygens (including phenoxy) is 1. The van der Waals surface area contributed by atoms with E-state index < -0.39 is 17.7 Å². The number of carbonyl (C=O) groups is 3. The summed E-state index contributed by atoms with van der Waals surface area (Å²) in [5.74, 6) is -1.28. The van der Waals surface area contributed by atoms with Crippen LogP contribution in [0.2, 0.25) is 0 Å². The van der Waals surface area contributed by atoms with Crippen LogP contribution in [-0.4, -0.2) is 29.2 Å². The van der Waals surface area contributed by atoms with Crippen LogP contribution in [0, 0.1) is 5.41 Å². The molecule has 6 N–H and O–H groups in total. The van der Waals surface area contributed by atoms with Crippen LogP contribution in [0.5, 0.6) is 5.75 Å². The molecule has 0 spiro atoms. The highest BCUT2D eigenvalue weighted by molar-refractivity contribution is 9.10. The van der Waals surface area contributed by atoms with Gasteiger partial charge in [-0.05, 0) is 72.1 Å². The highest BCUT2D eigenvalue weighted by atomic mass is 79.9. The molecule has 0 radical (unpaired) electrons. The molecule has 0 aliphatic heterocycles. The van der Waals surface area contributed by atoms with E-state index in [-0.39, 0.29) is 18.3 Å². The molecule has 0 aromatic heterocycles. The maximum absolute atomic E-state index is 13.4. The Bertz CT molecular complexity index is 1500. The Balaban J connectivity index is 0.00000155. The number of benzene rings is 4. The van der Waals surface area contributed by atoms with Crippen molar-refractivity contribution in [3.63, 3.8) is 0 Å². The van der Waals surface area contributed by atoms with E-state index in [1.165, 1.54) is 0 Å². The van der Waals surface area contributed by atoms with Crippen molar-refractivity contribution in [1.29, 1.82) is 5.41 Å². The standard InChI is InChI=1S/C31H29BrN4O3.CH2O2/c1-20(22-12-16-27(17-13-22)39-19-21-6-5-9-25(32)18-21)35-30(37)28(23-7-3-2-4-8-23)31(38)36-26-14-10-24(11-15-26)29(33)34;2-1-3/h2-18,20,28H,19H2,1H3,(H3,33,34)(H,35,37)(H,36,38);1H,(H,2,3). The van der Waals surface area contributed by atoms with Gasteiger partial charge in [0.15, 0.2) is 0 Å². The van der Waals surface area contributed by atoms with E-state index in [0.717, 1.165) is 21.3 Å². The molecular weight excluding hydrogens is 600 g/mol. The fourth-order valence-corrected chi connectivity index (χ4v) is 4.49. The summed E-state index contributed by atoms with van der Waals surface area (Å²) < 4.78 is 6.88. The molecule has 0 saturated heterocycles. The lowest BCUT2D eigenvalue weighted by atomic mass is 9.96. The molecule has 2 unspecified atom stereocenters. The molecule has 0 bridgehead atoms. The molecule has 4 rings (SSSR count). The molecule has 10 heteroatoms. The van der Waals surface area contributed by atoms with Crippen molar-refractivity contribution in [2.24, 2.45) is 5.73 Å². The van der Waals surface area contributed by atoms with Gasteiger partial charge in [0, 0.05) is 15.7 Å². The van der Waals surface area contributed by atoms with Crippen molar-refractivity contribution in [2.75, 3.05) is 5.32 Å². The normalized spacial score (nSPS) is 11.6. The van der Waals surface area contributed by atoms with Gasteiger partial charge in [-0.25, -0.2) is 0 Å². The molecule has 0 fully saturated rings. The lowest BCUT2D eigenvalue weighted by Crippen LogP contribution is -2.37. The second kappa shape index (κ2) is 15.7. The minimum absolute atomic E-state index is 0.0626. The minimum Gasteiger partial charge on any atom is -0.489 e. The number of halogens is 1. The zero-order chi connectivity index (χ0) is 30.5. The zero-order valence-corrected chi connectivity index (χ0v) is 24.4. The Kier molecular flexibility index (Phi) is 11.8. The summed E-state index contributed by atoms with van der Waals surface area (Å²) in [4.78, 5) is 35.1. The first kappa shape index (κ1) is 31.6. The summed E-state index contributed by atoms with van der Waals surface area (Å²) in [7, 11) is 0. The number of hydrogen-bond donors (Lipinski definition) is 5. The summed E-state index contributed by atoms with van der Waals surface area (Å²) in [5, 5.41) is 20.2. The van der Waals surface area contributed by atoms with E-state index >= 15 is 0 Å². The number of carbonyl (C=O) groups excluding carboxylic acids is 2. The van der Waals surface area contributed by atoms with Crippen LogP contribution < -0.4 is 21.1 Å². The Labute approximate surface area is 252 Å². The maximum Gasteiger partial charge on any atom is 0.290 e. The molecule has 0 aliphatic rings. The summed E-state index contributed by atoms with van der Waals surface area (Å²) in [5.41, 5.74) is 9.07. The van der Waals surface area contributed by atoms with Crippen LogP contribution >= 0.6 is 15.9 Å². The number of nitrogens with one attached hydrogen (secondary N) is 3. The van der Waals surface area contributed by atoms with E-state index in [2.05, 4.69) is 26.6 Å². The van der Waals surface area contributed by atoms with E-state index in [0.29, 0.717) is 23.4 Å². The van der Waals surface area contributed by atoms with Crippen molar-refractivity contribution in [2.45, 2.75) is 25.5 Å². The molecule has 2 atom stereocenters. The van der Waals surface area contributed by atoms with Gasteiger partial charge in [-0.3, -0.25) is 19.8 Å². The molecule has 216 valence electrons. The van der Waals surface area contributed by atoms with Gasteiger partial charge < -0.3 is 26.2 Å². The zero-order valence-electron chi connectivity index (χ0n) is 22.8. The molecule has 4 aromatic carbocycles. The van der Waals surface area contributed by atoms with Crippen LogP contribution in [0.1, 0.15) is 41.1 Å². The van der Waals surface area contributed by atoms with Crippen molar-refractivity contribution >= 4 is 45.7 Å². The number of amides is 2. The van der Waals surface area contributed by atoms with Gasteiger partial charge in [0.05, 0.1) is 6.04 Å². The highest BCUT2D eigenvalue weighted by Gasteiger charge is 2.29. The molecule has 9 nitrogen and oxygen atoms in total. The summed E-state index contributed by atoms with van der Waals surface area (Å²) in [6.45, 7) is 2.06. The monoisotopic (exact) mass is 630 g/mol. The average molecular weight is 632 g/mol. The third-order valence-corrected chi connectivity index (χ3v) is 6.65. The predicted octanol–water partition coefficient (Wildman–Crippen LogP) is 5.61. The Morgan fingerprint density at radius 2 is 1.57 bits per heavy atom. The first-order valence-electron chi connectivity index (χ1n) is 12.9. The van der Waals surface area contributed by atoms with Gasteiger partial charge >= 0.3 is 0 Å². The van der Waals surface area contributed by atoms with Crippen LogP contribution in [0.3, 0.4) is 0 Å². The van der Waals surface area contributed by atoms with Gasteiger partial charge in [0.2, 0.25) is 11.8 Å². The molecule has 0 saturated carbocycles. The van der Waals surface area contributed by atoms with Crippen molar-refractivity contribution in [3.8, 4) is 5.75 Å². The van der Waals surface area contributed by atoms with Crippen LogP contribution in [0.15, 0.2) is 108 Å². The average Bonchev–Trinajstić information content (AvgIpc) is 2.98. The number of nitrogens with two attached hydrogens (primary N) is 1. The molecule has 4 aromatic rings. The second-order valence-electron chi connectivity index (χ2n) is 9.15. The Hall–Kier alpha value is -4.96. The summed E-state index contributed by atoms with van der Waals surface area (Å²) in [6, 6.07) is 30.6. The number of carboxylic acid groups (broad SMARTS) is 1. The third-order valence-electron chi connectivity index (χ3n) is 6.15. The van der Waals surface area contributed by atoms with Gasteiger partial charge in [-0.1, -0.05) is 70.5 Å². The highest BCUT2D eigenvalue weighted by Crippen LogP contribution is 2.23. The SMILES string of the molecule is CC(NC(=O)C(C(=O)Nc1ccc(C(=N)N)cc1)c1ccccc1)c1ccc(OCc2cccc(Br)c2)cc1.O=CO. The number of amidine groups is 1. The van der Waals surface area contributed by atoms with Gasteiger partial charge in [-0.15, -0.1) is 0 Å². The molecule has 0 aliphatic carbocycles. The largest absolute Gasteiger partial charge is 0.489 e. The lowest BCUT2D eigenvalue weighted by molar-refractivity contribution is -0.129. The number of rotatable bonds is 10. The second-order valence-corrected chi connectivity index (χ2v) is 10.1. The number of hydrogen-bond acceptors (Lipinski definition) is 5. The van der Waals surface area contributed by atoms with E-state index in [4.69, 9.17) is 25.8 Å². The smallest absolute Gasteiger partial charge is 0.290 e. The molecule has 42 heavy (non-hydrogen) atoms. The molecular formula is C32H31BrN4O5. The molecule has 2 amide bonds. The van der Waals surface area contributed by atoms with Gasteiger partial charge in [-0.2, -0.15) is 0 Å². The maximum atomic E-state index is 13.4. The fourth-order valence-electron chi connectivity index (χ4n) is 4.04. The Morgan fingerprint density at radius 3 is 2.17 bits per heavy atom. The number of anilines is 1. The minimum atomic E-state index is -1.06. The predicted molar refractivity (Wildman–Crippen MR) is 165 cm³/mol. The van der Waals surface area contributed by atoms with Crippen LogP contribution in [0.4, 0.5) is 5.69 Å². The third kappa shape index (κ3) is 9.31. The van der Waals surface area contributed by atoms with Crippen molar-refractivity contribution < 1.29 is 24.2 Å². The van der Waals surface area contributed by atoms with E-state index in [9.17, 15) is 9.59 Å². The van der Waals surface area contributed by atoms with E-state index in [1.54, 1.807) is 48.5 Å². The van der Waals surface area contributed by atoms with Crippen molar-refractivity contribution in [3.05, 3.63) is 130 Å². The quantitative estimate of drug-likeness (QED) is 0.0663.